The molecule has 1 amide bonds. The maximum absolute atomic E-state index is 12.2. The van der Waals surface area contributed by atoms with E-state index in [1.807, 2.05) is 23.1 Å². The van der Waals surface area contributed by atoms with E-state index in [4.69, 9.17) is 4.74 Å². The zero-order chi connectivity index (χ0) is 12.5. The van der Waals surface area contributed by atoms with Crippen LogP contribution in [-0.4, -0.2) is 18.6 Å². The summed E-state index contributed by atoms with van der Waals surface area (Å²) in [4.78, 5) is 14.1. The van der Waals surface area contributed by atoms with Crippen LogP contribution in [0.2, 0.25) is 0 Å². The lowest BCUT2D eigenvalue weighted by Crippen LogP contribution is -2.46. The van der Waals surface area contributed by atoms with Crippen molar-refractivity contribution in [2.45, 2.75) is 38.1 Å². The molecule has 4 heteroatoms. The lowest BCUT2D eigenvalue weighted by atomic mass is 9.93. The predicted octanol–water partition coefficient (Wildman–Crippen LogP) is 3.51. The molecule has 1 aromatic rings. The number of ether oxygens (including phenoxy) is 1. The summed E-state index contributed by atoms with van der Waals surface area (Å²) in [6.45, 7) is 0.172. The first-order valence-corrected chi connectivity index (χ1v) is 7.29. The second-order valence-electron chi connectivity index (χ2n) is 4.96. The molecule has 0 atom stereocenters. The predicted molar refractivity (Wildman–Crippen MR) is 74.0 cm³/mol. The number of benzene rings is 1. The first-order valence-electron chi connectivity index (χ1n) is 6.50. The van der Waals surface area contributed by atoms with E-state index in [1.165, 1.54) is 19.3 Å². The maximum atomic E-state index is 12.2. The molecule has 0 N–H and O–H groups in total. The largest absolute Gasteiger partial charge is 0.482 e. The van der Waals surface area contributed by atoms with Crippen molar-refractivity contribution in [3.63, 3.8) is 0 Å². The number of carbonyl (C=O) groups excluding carboxylic acids is 1. The van der Waals surface area contributed by atoms with E-state index in [2.05, 4.69) is 15.9 Å². The zero-order valence-corrected chi connectivity index (χ0v) is 11.8. The third kappa shape index (κ3) is 2.14. The van der Waals surface area contributed by atoms with Gasteiger partial charge in [-0.25, -0.2) is 0 Å². The number of amides is 1. The normalized spacial score (nSPS) is 20.5. The van der Waals surface area contributed by atoms with E-state index in [1.54, 1.807) is 0 Å². The molecule has 0 radical (unpaired) electrons. The summed E-state index contributed by atoms with van der Waals surface area (Å²) in [5, 5.41) is 0. The van der Waals surface area contributed by atoms with E-state index in [0.29, 0.717) is 6.04 Å². The van der Waals surface area contributed by atoms with Crippen molar-refractivity contribution in [3.05, 3.63) is 22.7 Å². The fourth-order valence-electron chi connectivity index (χ4n) is 2.88. The Labute approximate surface area is 115 Å². The van der Waals surface area contributed by atoms with Crippen LogP contribution in [0, 0.1) is 0 Å². The first kappa shape index (κ1) is 12.0. The van der Waals surface area contributed by atoms with Crippen LogP contribution in [0.15, 0.2) is 22.7 Å². The molecule has 0 unspecified atom stereocenters. The van der Waals surface area contributed by atoms with Crippen LogP contribution in [0.5, 0.6) is 5.75 Å². The Bertz CT molecular complexity index is 469. The molecule has 3 rings (SSSR count). The fourth-order valence-corrected chi connectivity index (χ4v) is 3.23. The van der Waals surface area contributed by atoms with Crippen molar-refractivity contribution >= 4 is 27.5 Å². The minimum Gasteiger partial charge on any atom is -0.482 e. The highest BCUT2D eigenvalue weighted by Crippen LogP contribution is 2.38. The molecule has 1 heterocycles. The van der Waals surface area contributed by atoms with Gasteiger partial charge in [-0.2, -0.15) is 0 Å². The summed E-state index contributed by atoms with van der Waals surface area (Å²) in [5.41, 5.74) is 0.924. The monoisotopic (exact) mass is 309 g/mol. The van der Waals surface area contributed by atoms with Crippen molar-refractivity contribution in [2.24, 2.45) is 0 Å². The van der Waals surface area contributed by atoms with Gasteiger partial charge in [0.25, 0.3) is 5.91 Å². The molecule has 1 aliphatic carbocycles. The molecule has 0 saturated heterocycles. The summed E-state index contributed by atoms with van der Waals surface area (Å²) in [6.07, 6.45) is 5.95. The van der Waals surface area contributed by atoms with Gasteiger partial charge in [-0.1, -0.05) is 35.2 Å². The highest BCUT2D eigenvalue weighted by Gasteiger charge is 2.32. The quantitative estimate of drug-likeness (QED) is 0.794. The van der Waals surface area contributed by atoms with E-state index >= 15 is 0 Å². The SMILES string of the molecule is O=C1COc2ccc(Br)cc2N1C1CCCCC1. The molecule has 18 heavy (non-hydrogen) atoms. The van der Waals surface area contributed by atoms with Crippen LogP contribution >= 0.6 is 15.9 Å². The van der Waals surface area contributed by atoms with Gasteiger partial charge in [-0.3, -0.25) is 4.79 Å². The minimum atomic E-state index is 0.0903. The van der Waals surface area contributed by atoms with Gasteiger partial charge in [0.2, 0.25) is 0 Å². The molecule has 1 fully saturated rings. The van der Waals surface area contributed by atoms with E-state index in [9.17, 15) is 4.79 Å². The molecule has 0 aromatic heterocycles. The third-order valence-electron chi connectivity index (χ3n) is 3.74. The summed E-state index contributed by atoms with van der Waals surface area (Å²) >= 11 is 3.47. The highest BCUT2D eigenvalue weighted by molar-refractivity contribution is 9.10. The minimum absolute atomic E-state index is 0.0903. The van der Waals surface area contributed by atoms with Crippen molar-refractivity contribution in [3.8, 4) is 5.75 Å². The van der Waals surface area contributed by atoms with Gasteiger partial charge in [0.1, 0.15) is 5.75 Å². The summed E-state index contributed by atoms with van der Waals surface area (Å²) in [5.74, 6) is 0.913. The van der Waals surface area contributed by atoms with Crippen LogP contribution in [0.25, 0.3) is 0 Å². The average molecular weight is 310 g/mol. The van der Waals surface area contributed by atoms with Crippen LogP contribution in [0.1, 0.15) is 32.1 Å². The van der Waals surface area contributed by atoms with Crippen molar-refractivity contribution in [1.29, 1.82) is 0 Å². The number of halogens is 1. The molecule has 1 saturated carbocycles. The van der Waals surface area contributed by atoms with E-state index in [-0.39, 0.29) is 12.5 Å². The first-order chi connectivity index (χ1) is 8.75. The number of rotatable bonds is 1. The molecule has 0 spiro atoms. The van der Waals surface area contributed by atoms with Crippen LogP contribution in [0.4, 0.5) is 5.69 Å². The average Bonchev–Trinajstić information content (AvgIpc) is 2.39. The lowest BCUT2D eigenvalue weighted by molar-refractivity contribution is -0.122. The zero-order valence-electron chi connectivity index (χ0n) is 10.2. The molecular weight excluding hydrogens is 294 g/mol. The Morgan fingerprint density at radius 1 is 1.22 bits per heavy atom. The number of carbonyl (C=O) groups is 1. The van der Waals surface area contributed by atoms with Crippen LogP contribution < -0.4 is 9.64 Å². The molecule has 0 bridgehead atoms. The third-order valence-corrected chi connectivity index (χ3v) is 4.23. The Morgan fingerprint density at radius 2 is 2.00 bits per heavy atom. The second kappa shape index (κ2) is 4.92. The Kier molecular flexibility index (Phi) is 3.29. The molecule has 96 valence electrons. The van der Waals surface area contributed by atoms with Gasteiger partial charge < -0.3 is 9.64 Å². The molecule has 3 nitrogen and oxygen atoms in total. The topological polar surface area (TPSA) is 29.5 Å². The number of nitrogens with zero attached hydrogens (tertiary/aromatic N) is 1. The van der Waals surface area contributed by atoms with Crippen LogP contribution in [0.3, 0.4) is 0 Å². The Balaban J connectivity index is 1.97. The summed E-state index contributed by atoms with van der Waals surface area (Å²) in [6, 6.07) is 6.22. The standard InChI is InChI=1S/C14H16BrNO2/c15-10-6-7-13-12(8-10)16(14(17)9-18-13)11-4-2-1-3-5-11/h6-8,11H,1-5,9H2. The van der Waals surface area contributed by atoms with Crippen molar-refractivity contribution in [2.75, 3.05) is 11.5 Å². The Morgan fingerprint density at radius 3 is 2.78 bits per heavy atom. The molecular formula is C14H16BrNO2. The van der Waals surface area contributed by atoms with Gasteiger partial charge >= 0.3 is 0 Å². The number of hydrogen-bond acceptors (Lipinski definition) is 2. The summed E-state index contributed by atoms with van der Waals surface area (Å²) in [7, 11) is 0. The van der Waals surface area contributed by atoms with Gasteiger partial charge in [0.15, 0.2) is 6.61 Å². The summed E-state index contributed by atoms with van der Waals surface area (Å²) < 4.78 is 6.49. The van der Waals surface area contributed by atoms with Crippen molar-refractivity contribution in [1.82, 2.24) is 0 Å². The smallest absolute Gasteiger partial charge is 0.265 e. The van der Waals surface area contributed by atoms with Crippen LogP contribution in [-0.2, 0) is 4.79 Å². The van der Waals surface area contributed by atoms with Gasteiger partial charge in [0, 0.05) is 10.5 Å². The lowest BCUT2D eigenvalue weighted by Gasteiger charge is -2.37. The number of hydrogen-bond donors (Lipinski definition) is 0. The Hall–Kier alpha value is -1.03. The van der Waals surface area contributed by atoms with Crippen molar-refractivity contribution < 1.29 is 9.53 Å². The van der Waals surface area contributed by atoms with Gasteiger partial charge in [-0.05, 0) is 31.0 Å². The van der Waals surface area contributed by atoms with Gasteiger partial charge in [-0.15, -0.1) is 0 Å². The second-order valence-corrected chi connectivity index (χ2v) is 5.87. The highest BCUT2D eigenvalue weighted by atomic mass is 79.9. The maximum Gasteiger partial charge on any atom is 0.265 e. The van der Waals surface area contributed by atoms with E-state index in [0.717, 1.165) is 28.8 Å². The fraction of sp³-hybridized carbons (Fsp3) is 0.500. The number of fused-ring (bicyclic) bond motifs is 1. The molecule has 2 aliphatic rings. The number of anilines is 1. The van der Waals surface area contributed by atoms with E-state index < -0.39 is 0 Å². The molecule has 1 aliphatic heterocycles. The molecule has 1 aromatic carbocycles. The van der Waals surface area contributed by atoms with Gasteiger partial charge in [0.05, 0.1) is 5.69 Å².